The number of piperidine rings is 1. The van der Waals surface area contributed by atoms with Crippen LogP contribution in [0.2, 0.25) is 0 Å². The second kappa shape index (κ2) is 8.98. The van der Waals surface area contributed by atoms with Crippen molar-refractivity contribution < 1.29 is 18.7 Å². The summed E-state index contributed by atoms with van der Waals surface area (Å²) in [5.74, 6) is 2.87. The molecule has 7 heteroatoms. The van der Waals surface area contributed by atoms with Crippen molar-refractivity contribution in [2.45, 2.75) is 25.2 Å². The van der Waals surface area contributed by atoms with E-state index < -0.39 is 0 Å². The zero-order valence-electron chi connectivity index (χ0n) is 17.2. The molecule has 1 aromatic carbocycles. The summed E-state index contributed by atoms with van der Waals surface area (Å²) in [4.78, 5) is 23.4. The number of pyridine rings is 1. The van der Waals surface area contributed by atoms with Gasteiger partial charge in [0.2, 0.25) is 5.88 Å². The monoisotopic (exact) mass is 407 g/mol. The smallest absolute Gasteiger partial charge is 0.255 e. The van der Waals surface area contributed by atoms with Gasteiger partial charge in [-0.2, -0.15) is 0 Å². The van der Waals surface area contributed by atoms with Crippen molar-refractivity contribution >= 4 is 5.91 Å². The highest BCUT2D eigenvalue weighted by atomic mass is 16.5. The number of amides is 1. The molecule has 30 heavy (non-hydrogen) atoms. The Morgan fingerprint density at radius 2 is 2.07 bits per heavy atom. The summed E-state index contributed by atoms with van der Waals surface area (Å²) in [5, 5.41) is 0. The maximum absolute atomic E-state index is 12.9. The van der Waals surface area contributed by atoms with Gasteiger partial charge in [-0.3, -0.25) is 4.79 Å². The van der Waals surface area contributed by atoms with Crippen molar-refractivity contribution in [1.29, 1.82) is 0 Å². The van der Waals surface area contributed by atoms with E-state index in [0.717, 1.165) is 36.5 Å². The summed E-state index contributed by atoms with van der Waals surface area (Å²) in [5.41, 5.74) is 1.66. The molecule has 1 aliphatic rings. The second-order valence-corrected chi connectivity index (χ2v) is 7.37. The number of aromatic nitrogens is 2. The first-order valence-electron chi connectivity index (χ1n) is 10.0. The molecule has 0 radical (unpaired) electrons. The predicted octanol–water partition coefficient (Wildman–Crippen LogP) is 3.70. The van der Waals surface area contributed by atoms with E-state index in [1.54, 1.807) is 38.7 Å². The highest BCUT2D eigenvalue weighted by Crippen LogP contribution is 2.28. The summed E-state index contributed by atoms with van der Waals surface area (Å²) < 4.78 is 16.4. The first-order valence-corrected chi connectivity index (χ1v) is 10.0. The van der Waals surface area contributed by atoms with Crippen molar-refractivity contribution in [3.05, 3.63) is 71.6 Å². The number of oxazole rings is 1. The Bertz CT molecular complexity index is 1000. The van der Waals surface area contributed by atoms with Gasteiger partial charge in [-0.1, -0.05) is 12.1 Å². The van der Waals surface area contributed by atoms with Crippen molar-refractivity contribution in [1.82, 2.24) is 14.9 Å². The molecule has 3 heterocycles. The van der Waals surface area contributed by atoms with Crippen LogP contribution in [0, 0.1) is 0 Å². The standard InChI is InChI=1S/C23H25N3O4/c1-28-19-7-3-5-16(11-19)12-20-14-25-22(30-20)18-6-4-10-26(15-18)23(27)17-8-9-21(29-2)24-13-17/h3,5,7-9,11,13-14,18H,4,6,10,12,15H2,1-2H3/t18-/m1/s1. The van der Waals surface area contributed by atoms with Gasteiger partial charge in [0.15, 0.2) is 5.89 Å². The number of ether oxygens (including phenoxy) is 2. The van der Waals surface area contributed by atoms with Crippen LogP contribution in [-0.4, -0.2) is 48.1 Å². The fraction of sp³-hybridized carbons (Fsp3) is 0.348. The van der Waals surface area contributed by atoms with Crippen molar-refractivity contribution in [3.63, 3.8) is 0 Å². The van der Waals surface area contributed by atoms with Crippen LogP contribution < -0.4 is 9.47 Å². The van der Waals surface area contributed by atoms with Gasteiger partial charge in [-0.05, 0) is 36.6 Å². The van der Waals surface area contributed by atoms with E-state index in [1.165, 1.54) is 0 Å². The molecular weight excluding hydrogens is 382 g/mol. The Hall–Kier alpha value is -3.35. The van der Waals surface area contributed by atoms with Gasteiger partial charge in [0.25, 0.3) is 5.91 Å². The van der Waals surface area contributed by atoms with Crippen LogP contribution in [0.25, 0.3) is 0 Å². The minimum atomic E-state index is -0.0296. The minimum Gasteiger partial charge on any atom is -0.497 e. The Balaban J connectivity index is 1.42. The highest BCUT2D eigenvalue weighted by molar-refractivity contribution is 5.94. The van der Waals surface area contributed by atoms with Crippen LogP contribution in [0.1, 0.15) is 46.3 Å². The van der Waals surface area contributed by atoms with Crippen LogP contribution in [0.5, 0.6) is 11.6 Å². The maximum Gasteiger partial charge on any atom is 0.255 e. The quantitative estimate of drug-likeness (QED) is 0.620. The van der Waals surface area contributed by atoms with Gasteiger partial charge in [-0.15, -0.1) is 0 Å². The summed E-state index contributed by atoms with van der Waals surface area (Å²) in [6.07, 6.45) is 5.85. The van der Waals surface area contributed by atoms with Crippen LogP contribution in [0.3, 0.4) is 0 Å². The summed E-state index contributed by atoms with van der Waals surface area (Å²) in [6.45, 7) is 1.31. The van der Waals surface area contributed by atoms with E-state index in [-0.39, 0.29) is 11.8 Å². The molecule has 0 aliphatic carbocycles. The van der Waals surface area contributed by atoms with Crippen molar-refractivity contribution in [3.8, 4) is 11.6 Å². The lowest BCUT2D eigenvalue weighted by molar-refractivity contribution is 0.0697. The molecule has 0 unspecified atom stereocenters. The number of hydrogen-bond donors (Lipinski definition) is 0. The lowest BCUT2D eigenvalue weighted by atomic mass is 9.97. The second-order valence-electron chi connectivity index (χ2n) is 7.37. The topological polar surface area (TPSA) is 77.7 Å². The molecule has 7 nitrogen and oxygen atoms in total. The first kappa shape index (κ1) is 19.9. The zero-order valence-corrected chi connectivity index (χ0v) is 17.2. The highest BCUT2D eigenvalue weighted by Gasteiger charge is 2.28. The fourth-order valence-electron chi connectivity index (χ4n) is 3.75. The van der Waals surface area contributed by atoms with E-state index in [1.807, 2.05) is 29.2 Å². The average Bonchev–Trinajstić information content (AvgIpc) is 3.27. The molecule has 1 atom stereocenters. The molecule has 1 fully saturated rings. The molecule has 1 saturated heterocycles. The molecule has 0 saturated carbocycles. The Kier molecular flexibility index (Phi) is 5.97. The van der Waals surface area contributed by atoms with E-state index in [0.29, 0.717) is 30.3 Å². The summed E-state index contributed by atoms with van der Waals surface area (Å²) >= 11 is 0. The van der Waals surface area contributed by atoms with E-state index >= 15 is 0 Å². The lowest BCUT2D eigenvalue weighted by Crippen LogP contribution is -2.39. The molecule has 1 aliphatic heterocycles. The summed E-state index contributed by atoms with van der Waals surface area (Å²) in [6, 6.07) is 11.4. The SMILES string of the molecule is COc1cccc(Cc2cnc([C@@H]3CCCN(C(=O)c4ccc(OC)nc4)C3)o2)c1. The van der Waals surface area contributed by atoms with Crippen LogP contribution in [-0.2, 0) is 6.42 Å². The Morgan fingerprint density at radius 3 is 2.83 bits per heavy atom. The van der Waals surface area contributed by atoms with Gasteiger partial charge < -0.3 is 18.8 Å². The number of benzene rings is 1. The number of methoxy groups -OCH3 is 2. The third kappa shape index (κ3) is 4.45. The number of likely N-dealkylation sites (tertiary alicyclic amines) is 1. The molecule has 3 aromatic rings. The number of carbonyl (C=O) groups excluding carboxylic acids is 1. The molecule has 0 bridgehead atoms. The number of rotatable bonds is 6. The molecule has 156 valence electrons. The molecule has 4 rings (SSSR count). The lowest BCUT2D eigenvalue weighted by Gasteiger charge is -2.31. The Labute approximate surface area is 175 Å². The molecule has 0 N–H and O–H groups in total. The minimum absolute atomic E-state index is 0.0296. The summed E-state index contributed by atoms with van der Waals surface area (Å²) in [7, 11) is 3.21. The van der Waals surface area contributed by atoms with Gasteiger partial charge in [0, 0.05) is 31.8 Å². The average molecular weight is 407 g/mol. The van der Waals surface area contributed by atoms with Gasteiger partial charge in [0.1, 0.15) is 11.5 Å². The van der Waals surface area contributed by atoms with E-state index in [4.69, 9.17) is 13.9 Å². The first-order chi connectivity index (χ1) is 14.7. The number of hydrogen-bond acceptors (Lipinski definition) is 6. The van der Waals surface area contributed by atoms with Gasteiger partial charge in [0.05, 0.1) is 31.9 Å². The fourth-order valence-corrected chi connectivity index (χ4v) is 3.75. The number of nitrogens with zero attached hydrogens (tertiary/aromatic N) is 3. The Morgan fingerprint density at radius 1 is 1.17 bits per heavy atom. The van der Waals surface area contributed by atoms with Crippen LogP contribution >= 0.6 is 0 Å². The molecule has 2 aromatic heterocycles. The van der Waals surface area contributed by atoms with Gasteiger partial charge in [-0.25, -0.2) is 9.97 Å². The van der Waals surface area contributed by atoms with Crippen LogP contribution in [0.4, 0.5) is 0 Å². The van der Waals surface area contributed by atoms with Crippen LogP contribution in [0.15, 0.2) is 53.2 Å². The normalized spacial score (nSPS) is 16.3. The molecular formula is C23H25N3O4. The molecule has 1 amide bonds. The van der Waals surface area contributed by atoms with Crippen molar-refractivity contribution in [2.24, 2.45) is 0 Å². The maximum atomic E-state index is 12.9. The molecule has 0 spiro atoms. The van der Waals surface area contributed by atoms with Gasteiger partial charge >= 0.3 is 0 Å². The third-order valence-corrected chi connectivity index (χ3v) is 5.33. The third-order valence-electron chi connectivity index (χ3n) is 5.33. The largest absolute Gasteiger partial charge is 0.497 e. The predicted molar refractivity (Wildman–Crippen MR) is 111 cm³/mol. The van der Waals surface area contributed by atoms with E-state index in [9.17, 15) is 4.79 Å². The van der Waals surface area contributed by atoms with Crippen molar-refractivity contribution in [2.75, 3.05) is 27.3 Å². The zero-order chi connectivity index (χ0) is 20.9. The number of carbonyl (C=O) groups is 1. The van der Waals surface area contributed by atoms with E-state index in [2.05, 4.69) is 9.97 Å².